The van der Waals surface area contributed by atoms with E-state index in [2.05, 4.69) is 26.4 Å². The summed E-state index contributed by atoms with van der Waals surface area (Å²) < 4.78 is 10.4. The first-order valence-electron chi connectivity index (χ1n) is 15.9. The Labute approximate surface area is 266 Å². The highest BCUT2D eigenvalue weighted by atomic mass is 16.6. The van der Waals surface area contributed by atoms with Crippen molar-refractivity contribution in [3.05, 3.63) is 0 Å². The number of amides is 4. The standard InChI is InChI=1S/C30H54N6O9/c1-29(2,3)44-27(41)33-26(34-28(42)45-30(4,5)6)35-43-17-15-31-24(39)22-14-10-11-16-36(22)25(40)21(32-19-23(37)38)18-20-12-8-7-9-13-20/h20-23,32,37-38H,7-19H2,1-6H3,(H,31,39)(H2,33,34,35,41,42)/t21-,22+/m1/s1. The molecule has 15 heteroatoms. The topological polar surface area (TPSA) is 200 Å². The van der Waals surface area contributed by atoms with Crippen molar-refractivity contribution in [1.82, 2.24) is 26.2 Å². The van der Waals surface area contributed by atoms with Gasteiger partial charge in [-0.1, -0.05) is 32.1 Å². The number of oxime groups is 1. The van der Waals surface area contributed by atoms with Crippen LogP contribution in [0.25, 0.3) is 0 Å². The normalized spacial score (nSPS) is 18.4. The third-order valence-corrected chi connectivity index (χ3v) is 7.11. The summed E-state index contributed by atoms with van der Waals surface area (Å²) >= 11 is 0. The zero-order chi connectivity index (χ0) is 33.6. The molecule has 0 spiro atoms. The van der Waals surface area contributed by atoms with Gasteiger partial charge in [0, 0.05) is 13.1 Å². The number of hydrogen-bond acceptors (Lipinski definition) is 11. The Morgan fingerprint density at radius 2 is 1.44 bits per heavy atom. The number of ether oxygens (including phenoxy) is 2. The Morgan fingerprint density at radius 3 is 2.00 bits per heavy atom. The van der Waals surface area contributed by atoms with Crippen LogP contribution < -0.4 is 21.3 Å². The lowest BCUT2D eigenvalue weighted by molar-refractivity contribution is -0.144. The van der Waals surface area contributed by atoms with Crippen molar-refractivity contribution < 1.29 is 43.7 Å². The van der Waals surface area contributed by atoms with Gasteiger partial charge in [-0.3, -0.25) is 20.2 Å². The number of nitrogens with one attached hydrogen (secondary N) is 4. The fourth-order valence-electron chi connectivity index (χ4n) is 5.27. The maximum atomic E-state index is 13.7. The SMILES string of the molecule is CC(C)(C)OC(=O)NC(=NOCCNC(=O)[C@@H]1CCCCN1C(=O)[C@@H](CC1CCCCC1)NCC(O)O)NC(=O)OC(C)(C)C. The average Bonchev–Trinajstić information content (AvgIpc) is 2.92. The summed E-state index contributed by atoms with van der Waals surface area (Å²) in [6.07, 6.45) is 4.77. The number of likely N-dealkylation sites (tertiary alicyclic amines) is 1. The number of guanidine groups is 1. The first-order valence-corrected chi connectivity index (χ1v) is 15.9. The maximum Gasteiger partial charge on any atom is 0.414 e. The molecular formula is C30H54N6O9. The number of carbonyl (C=O) groups is 4. The van der Waals surface area contributed by atoms with Crippen molar-refractivity contribution in [3.8, 4) is 0 Å². The van der Waals surface area contributed by atoms with Crippen LogP contribution in [0.15, 0.2) is 5.16 Å². The molecule has 0 aromatic heterocycles. The molecule has 2 rings (SSSR count). The number of aliphatic hydroxyl groups excluding tert-OH is 1. The van der Waals surface area contributed by atoms with Crippen LogP contribution in [-0.2, 0) is 23.9 Å². The number of rotatable bonds is 11. The van der Waals surface area contributed by atoms with Crippen molar-refractivity contribution in [2.45, 2.75) is 129 Å². The smallest absolute Gasteiger partial charge is 0.414 e. The molecule has 0 bridgehead atoms. The molecule has 2 atom stereocenters. The molecule has 1 aliphatic heterocycles. The third-order valence-electron chi connectivity index (χ3n) is 7.11. The minimum Gasteiger partial charge on any atom is -0.444 e. The molecule has 2 fully saturated rings. The monoisotopic (exact) mass is 642 g/mol. The summed E-state index contributed by atoms with van der Waals surface area (Å²) in [7, 11) is 0. The van der Waals surface area contributed by atoms with E-state index in [1.807, 2.05) is 0 Å². The molecule has 15 nitrogen and oxygen atoms in total. The summed E-state index contributed by atoms with van der Waals surface area (Å²) in [5, 5.41) is 33.0. The van der Waals surface area contributed by atoms with Crippen LogP contribution in [0, 0.1) is 5.92 Å². The molecule has 0 aromatic rings. The van der Waals surface area contributed by atoms with E-state index in [0.717, 1.165) is 38.5 Å². The number of piperidine rings is 1. The number of carbonyl (C=O) groups excluding carboxylic acids is 4. The third kappa shape index (κ3) is 15.6. The second-order valence-corrected chi connectivity index (χ2v) is 13.5. The lowest BCUT2D eigenvalue weighted by Gasteiger charge is -2.38. The molecule has 0 radical (unpaired) electrons. The summed E-state index contributed by atoms with van der Waals surface area (Å²) in [4.78, 5) is 58.2. The molecule has 45 heavy (non-hydrogen) atoms. The second kappa shape index (κ2) is 18.1. The van der Waals surface area contributed by atoms with E-state index in [1.165, 1.54) is 6.42 Å². The van der Waals surface area contributed by atoms with Crippen LogP contribution in [0.1, 0.15) is 99.3 Å². The molecule has 6 N–H and O–H groups in total. The first kappa shape index (κ1) is 38.0. The highest BCUT2D eigenvalue weighted by Crippen LogP contribution is 2.28. The maximum absolute atomic E-state index is 13.7. The zero-order valence-electron chi connectivity index (χ0n) is 27.6. The number of alkyl carbamates (subject to hydrolysis) is 2. The minimum atomic E-state index is -1.59. The molecule has 258 valence electrons. The van der Waals surface area contributed by atoms with Gasteiger partial charge in [0.2, 0.25) is 11.8 Å². The minimum absolute atomic E-state index is 0.0352. The lowest BCUT2D eigenvalue weighted by Crippen LogP contribution is -2.57. The molecule has 0 aromatic carbocycles. The van der Waals surface area contributed by atoms with Crippen LogP contribution in [-0.4, -0.2) is 101 Å². The van der Waals surface area contributed by atoms with Gasteiger partial charge in [-0.15, -0.1) is 0 Å². The van der Waals surface area contributed by atoms with Crippen LogP contribution in [0.3, 0.4) is 0 Å². The zero-order valence-corrected chi connectivity index (χ0v) is 27.6. The van der Waals surface area contributed by atoms with Crippen LogP contribution >= 0.6 is 0 Å². The van der Waals surface area contributed by atoms with E-state index in [4.69, 9.17) is 14.3 Å². The van der Waals surface area contributed by atoms with Crippen molar-refractivity contribution in [2.75, 3.05) is 26.2 Å². The quantitative estimate of drug-likeness (QED) is 0.0637. The first-order chi connectivity index (χ1) is 21.0. The molecule has 1 saturated heterocycles. The van der Waals surface area contributed by atoms with Gasteiger partial charge in [0.15, 0.2) is 6.29 Å². The van der Waals surface area contributed by atoms with Crippen LogP contribution in [0.2, 0.25) is 0 Å². The fourth-order valence-corrected chi connectivity index (χ4v) is 5.27. The number of nitrogens with zero attached hydrogens (tertiary/aromatic N) is 2. The van der Waals surface area contributed by atoms with E-state index in [1.54, 1.807) is 46.4 Å². The van der Waals surface area contributed by atoms with Crippen LogP contribution in [0.5, 0.6) is 0 Å². The molecule has 1 heterocycles. The van der Waals surface area contributed by atoms with E-state index in [0.29, 0.717) is 25.3 Å². The Bertz CT molecular complexity index is 971. The Hall–Kier alpha value is -3.17. The highest BCUT2D eigenvalue weighted by Gasteiger charge is 2.36. The van der Waals surface area contributed by atoms with Gasteiger partial charge in [-0.05, 0) is 78.3 Å². The predicted octanol–water partition coefficient (Wildman–Crippen LogP) is 2.06. The van der Waals surface area contributed by atoms with E-state index >= 15 is 0 Å². The van der Waals surface area contributed by atoms with Crippen molar-refractivity contribution in [3.63, 3.8) is 0 Å². The number of aliphatic hydroxyl groups is 2. The second-order valence-electron chi connectivity index (χ2n) is 13.5. The van der Waals surface area contributed by atoms with Gasteiger partial charge in [0.05, 0.1) is 12.6 Å². The molecule has 4 amide bonds. The number of hydrogen-bond donors (Lipinski definition) is 6. The molecule has 2 aliphatic rings. The highest BCUT2D eigenvalue weighted by molar-refractivity contribution is 6.01. The van der Waals surface area contributed by atoms with E-state index in [-0.39, 0.29) is 37.5 Å². The Balaban J connectivity index is 1.98. The van der Waals surface area contributed by atoms with Crippen molar-refractivity contribution in [2.24, 2.45) is 11.1 Å². The largest absolute Gasteiger partial charge is 0.444 e. The van der Waals surface area contributed by atoms with Crippen molar-refractivity contribution >= 4 is 30.0 Å². The fraction of sp³-hybridized carbons (Fsp3) is 0.833. The van der Waals surface area contributed by atoms with E-state index < -0.39 is 41.8 Å². The molecule has 1 saturated carbocycles. The van der Waals surface area contributed by atoms with Gasteiger partial charge >= 0.3 is 12.2 Å². The average molecular weight is 643 g/mol. The Morgan fingerprint density at radius 1 is 0.867 bits per heavy atom. The van der Waals surface area contributed by atoms with Gasteiger partial charge < -0.3 is 40.1 Å². The summed E-state index contributed by atoms with van der Waals surface area (Å²) in [6.45, 7) is 10.3. The molecular weight excluding hydrogens is 588 g/mol. The summed E-state index contributed by atoms with van der Waals surface area (Å²) in [5.74, 6) is -0.551. The van der Waals surface area contributed by atoms with E-state index in [9.17, 15) is 29.4 Å². The van der Waals surface area contributed by atoms with Gasteiger partial charge in [0.25, 0.3) is 5.96 Å². The van der Waals surface area contributed by atoms with Gasteiger partial charge in [-0.25, -0.2) is 9.59 Å². The Kier molecular flexibility index (Phi) is 15.3. The summed E-state index contributed by atoms with van der Waals surface area (Å²) in [6, 6.07) is -1.29. The molecule has 0 unspecified atom stereocenters. The molecule has 1 aliphatic carbocycles. The van der Waals surface area contributed by atoms with Gasteiger partial charge in [0.1, 0.15) is 23.9 Å². The predicted molar refractivity (Wildman–Crippen MR) is 166 cm³/mol. The summed E-state index contributed by atoms with van der Waals surface area (Å²) in [5.41, 5.74) is -1.60. The van der Waals surface area contributed by atoms with Crippen LogP contribution in [0.4, 0.5) is 9.59 Å². The van der Waals surface area contributed by atoms with Gasteiger partial charge in [-0.2, -0.15) is 0 Å². The lowest BCUT2D eigenvalue weighted by atomic mass is 9.84. The van der Waals surface area contributed by atoms with Crippen molar-refractivity contribution in [1.29, 1.82) is 0 Å².